The molecular formula is C14H13BrFN3O. The zero-order chi connectivity index (χ0) is 14.1. The molecule has 0 unspecified atom stereocenters. The number of benzene rings is 1. The quantitative estimate of drug-likeness (QED) is 0.909. The summed E-state index contributed by atoms with van der Waals surface area (Å²) in [6.07, 6.45) is 2.22. The maximum Gasteiger partial charge on any atom is 0.257 e. The number of hydrogen-bond donors (Lipinski definition) is 1. The fourth-order valence-electron chi connectivity index (χ4n) is 2.36. The van der Waals surface area contributed by atoms with Crippen LogP contribution in [0.25, 0.3) is 0 Å². The van der Waals surface area contributed by atoms with E-state index in [1.165, 1.54) is 17.0 Å². The molecule has 3 rings (SSSR count). The van der Waals surface area contributed by atoms with Crippen molar-refractivity contribution in [3.05, 3.63) is 62.0 Å². The van der Waals surface area contributed by atoms with Gasteiger partial charge in [0.15, 0.2) is 0 Å². The molecule has 2 aromatic rings. The second kappa shape index (κ2) is 5.46. The number of halogens is 2. The lowest BCUT2D eigenvalue weighted by Gasteiger charge is -2.17. The van der Waals surface area contributed by atoms with E-state index >= 15 is 0 Å². The van der Waals surface area contributed by atoms with E-state index < -0.39 is 0 Å². The van der Waals surface area contributed by atoms with Gasteiger partial charge in [-0.15, -0.1) is 0 Å². The fraction of sp³-hybridized carbons (Fsp3) is 0.286. The molecule has 1 aliphatic heterocycles. The van der Waals surface area contributed by atoms with Gasteiger partial charge in [-0.2, -0.15) is 0 Å². The molecule has 0 fully saturated rings. The van der Waals surface area contributed by atoms with Crippen LogP contribution in [0.5, 0.6) is 0 Å². The van der Waals surface area contributed by atoms with Crippen LogP contribution in [-0.2, 0) is 19.5 Å². The average Bonchev–Trinajstić information content (AvgIpc) is 2.47. The normalized spacial score (nSPS) is 14.1. The van der Waals surface area contributed by atoms with E-state index in [0.717, 1.165) is 23.4 Å². The second-order valence-electron chi connectivity index (χ2n) is 4.74. The Kier molecular flexibility index (Phi) is 3.67. The van der Waals surface area contributed by atoms with Crippen molar-refractivity contribution in [2.45, 2.75) is 19.5 Å². The number of rotatable bonds is 2. The highest BCUT2D eigenvalue weighted by Gasteiger charge is 2.16. The highest BCUT2D eigenvalue weighted by atomic mass is 79.9. The largest absolute Gasteiger partial charge is 0.311 e. The van der Waals surface area contributed by atoms with Crippen molar-refractivity contribution in [2.24, 2.45) is 0 Å². The summed E-state index contributed by atoms with van der Waals surface area (Å²) >= 11 is 3.22. The van der Waals surface area contributed by atoms with Crippen molar-refractivity contribution in [3.8, 4) is 0 Å². The van der Waals surface area contributed by atoms with Crippen LogP contribution < -0.4 is 10.9 Å². The second-order valence-corrected chi connectivity index (χ2v) is 5.54. The van der Waals surface area contributed by atoms with Crippen molar-refractivity contribution in [1.29, 1.82) is 0 Å². The summed E-state index contributed by atoms with van der Waals surface area (Å²) in [5.74, 6) is -0.328. The first-order valence-electron chi connectivity index (χ1n) is 6.37. The van der Waals surface area contributed by atoms with Crippen LogP contribution in [0.3, 0.4) is 0 Å². The van der Waals surface area contributed by atoms with Gasteiger partial charge in [-0.25, -0.2) is 9.37 Å². The number of nitrogens with one attached hydrogen (secondary N) is 1. The fourth-order valence-corrected chi connectivity index (χ4v) is 2.75. The number of fused-ring (bicyclic) bond motifs is 1. The molecular weight excluding hydrogens is 325 g/mol. The van der Waals surface area contributed by atoms with Gasteiger partial charge in [0.05, 0.1) is 23.0 Å². The highest BCUT2D eigenvalue weighted by Crippen LogP contribution is 2.21. The summed E-state index contributed by atoms with van der Waals surface area (Å²) in [5, 5.41) is 3.19. The standard InChI is InChI=1S/C14H13BrFN3O/c15-13-9(2-1-3-11(13)16)7-19-8-18-12-6-17-5-4-10(12)14(19)20/h1-3,8,17H,4-7H2. The van der Waals surface area contributed by atoms with Gasteiger partial charge < -0.3 is 5.32 Å². The summed E-state index contributed by atoms with van der Waals surface area (Å²) < 4.78 is 15.4. The van der Waals surface area contributed by atoms with Gasteiger partial charge in [0, 0.05) is 12.1 Å². The van der Waals surface area contributed by atoms with E-state index in [0.29, 0.717) is 24.0 Å². The topological polar surface area (TPSA) is 46.9 Å². The SMILES string of the molecule is O=c1c2c(ncn1Cc1cccc(F)c1Br)CNCC2. The summed E-state index contributed by atoms with van der Waals surface area (Å²) in [6, 6.07) is 4.81. The Bertz CT molecular complexity index is 714. The van der Waals surface area contributed by atoms with Crippen LogP contribution in [0.15, 0.2) is 33.8 Å². The third-order valence-corrected chi connectivity index (χ3v) is 4.32. The molecule has 0 radical (unpaired) electrons. The third kappa shape index (κ3) is 2.41. The summed E-state index contributed by atoms with van der Waals surface area (Å²) in [5.41, 5.74) is 2.27. The number of nitrogens with zero attached hydrogens (tertiary/aromatic N) is 2. The minimum Gasteiger partial charge on any atom is -0.311 e. The van der Waals surface area contributed by atoms with E-state index in [2.05, 4.69) is 26.2 Å². The molecule has 2 heterocycles. The molecule has 0 amide bonds. The zero-order valence-corrected chi connectivity index (χ0v) is 12.3. The van der Waals surface area contributed by atoms with Crippen molar-refractivity contribution < 1.29 is 4.39 Å². The molecule has 0 bridgehead atoms. The first-order chi connectivity index (χ1) is 9.66. The molecule has 104 valence electrons. The third-order valence-electron chi connectivity index (χ3n) is 3.44. The Balaban J connectivity index is 1.99. The molecule has 4 nitrogen and oxygen atoms in total. The molecule has 6 heteroatoms. The first-order valence-corrected chi connectivity index (χ1v) is 7.17. The van der Waals surface area contributed by atoms with E-state index in [9.17, 15) is 9.18 Å². The molecule has 1 aromatic carbocycles. The molecule has 0 aliphatic carbocycles. The predicted octanol–water partition coefficient (Wildman–Crippen LogP) is 1.84. The van der Waals surface area contributed by atoms with Crippen molar-refractivity contribution in [1.82, 2.24) is 14.9 Å². The molecule has 0 atom stereocenters. The Morgan fingerprint density at radius 3 is 3.15 bits per heavy atom. The summed E-state index contributed by atoms with van der Waals surface area (Å²) in [6.45, 7) is 1.73. The van der Waals surface area contributed by atoms with E-state index in [1.54, 1.807) is 12.1 Å². The molecule has 1 aromatic heterocycles. The van der Waals surface area contributed by atoms with Crippen molar-refractivity contribution >= 4 is 15.9 Å². The molecule has 1 aliphatic rings. The van der Waals surface area contributed by atoms with Crippen molar-refractivity contribution in [3.63, 3.8) is 0 Å². The lowest BCUT2D eigenvalue weighted by atomic mass is 10.1. The van der Waals surface area contributed by atoms with Crippen LogP contribution in [0, 0.1) is 5.82 Å². The van der Waals surface area contributed by atoms with Gasteiger partial charge >= 0.3 is 0 Å². The van der Waals surface area contributed by atoms with Crippen LogP contribution in [0.2, 0.25) is 0 Å². The minimum absolute atomic E-state index is 0.0346. The molecule has 20 heavy (non-hydrogen) atoms. The summed E-state index contributed by atoms with van der Waals surface area (Å²) in [4.78, 5) is 16.7. The van der Waals surface area contributed by atoms with Gasteiger partial charge in [-0.05, 0) is 40.5 Å². The predicted molar refractivity (Wildman–Crippen MR) is 77.1 cm³/mol. The van der Waals surface area contributed by atoms with Gasteiger partial charge in [-0.1, -0.05) is 12.1 Å². The summed E-state index contributed by atoms with van der Waals surface area (Å²) in [7, 11) is 0. The Morgan fingerprint density at radius 1 is 1.45 bits per heavy atom. The van der Waals surface area contributed by atoms with Gasteiger partial charge in [-0.3, -0.25) is 9.36 Å². The monoisotopic (exact) mass is 337 g/mol. The van der Waals surface area contributed by atoms with Crippen LogP contribution in [0.4, 0.5) is 4.39 Å². The maximum absolute atomic E-state index is 13.5. The molecule has 0 saturated carbocycles. The smallest absolute Gasteiger partial charge is 0.257 e. The van der Waals surface area contributed by atoms with Gasteiger partial charge in [0.2, 0.25) is 0 Å². The minimum atomic E-state index is -0.328. The maximum atomic E-state index is 13.5. The zero-order valence-electron chi connectivity index (χ0n) is 10.7. The van der Waals surface area contributed by atoms with Crippen LogP contribution >= 0.6 is 15.9 Å². The Labute approximate surface area is 123 Å². The lowest BCUT2D eigenvalue weighted by Crippen LogP contribution is -2.34. The van der Waals surface area contributed by atoms with Crippen LogP contribution in [-0.4, -0.2) is 16.1 Å². The van der Waals surface area contributed by atoms with Gasteiger partial charge in [0.1, 0.15) is 5.82 Å². The van der Waals surface area contributed by atoms with Crippen LogP contribution in [0.1, 0.15) is 16.8 Å². The number of aromatic nitrogens is 2. The highest BCUT2D eigenvalue weighted by molar-refractivity contribution is 9.10. The van der Waals surface area contributed by atoms with E-state index in [4.69, 9.17) is 0 Å². The number of hydrogen-bond acceptors (Lipinski definition) is 3. The molecule has 0 spiro atoms. The molecule has 0 saturated heterocycles. The Hall–Kier alpha value is -1.53. The van der Waals surface area contributed by atoms with Gasteiger partial charge in [0.25, 0.3) is 5.56 Å². The van der Waals surface area contributed by atoms with E-state index in [-0.39, 0.29) is 11.4 Å². The average molecular weight is 338 g/mol. The molecule has 1 N–H and O–H groups in total. The van der Waals surface area contributed by atoms with E-state index in [1.807, 2.05) is 0 Å². The Morgan fingerprint density at radius 2 is 2.30 bits per heavy atom. The van der Waals surface area contributed by atoms with Crippen molar-refractivity contribution in [2.75, 3.05) is 6.54 Å². The first kappa shape index (κ1) is 13.5. The lowest BCUT2D eigenvalue weighted by molar-refractivity contribution is 0.592.